The maximum Gasteiger partial charge on any atom is 0.163 e. The molecule has 0 atom stereocenters. The molecule has 118 valence electrons. The number of carbonyl (C=O) groups is 1. The Hall–Kier alpha value is -2.87. The Balaban J connectivity index is 1.69. The van der Waals surface area contributed by atoms with Crippen LogP contribution in [0.1, 0.15) is 27.9 Å². The van der Waals surface area contributed by atoms with Gasteiger partial charge in [0, 0.05) is 17.5 Å². The fraction of sp³-hybridized carbons (Fsp3) is 0.136. The van der Waals surface area contributed by atoms with E-state index in [1.165, 1.54) is 0 Å². The minimum Gasteiger partial charge on any atom is -0.488 e. The third-order valence-electron chi connectivity index (χ3n) is 4.49. The molecule has 2 nitrogen and oxygen atoms in total. The highest BCUT2D eigenvalue weighted by Gasteiger charge is 2.23. The lowest BCUT2D eigenvalue weighted by Crippen LogP contribution is -1.98. The molecular weight excluding hydrogens is 296 g/mol. The highest BCUT2D eigenvalue weighted by atomic mass is 16.5. The number of carbonyl (C=O) groups excluding carboxylic acids is 1. The van der Waals surface area contributed by atoms with Crippen LogP contribution in [0.4, 0.5) is 0 Å². The van der Waals surface area contributed by atoms with Gasteiger partial charge < -0.3 is 4.74 Å². The van der Waals surface area contributed by atoms with E-state index < -0.39 is 0 Å². The molecule has 1 aliphatic rings. The normalized spacial score (nSPS) is 12.9. The Morgan fingerprint density at radius 1 is 0.708 bits per heavy atom. The number of Topliss-reactive ketones (excluding diaryl/α,β-unsaturated/α-hetero) is 1. The summed E-state index contributed by atoms with van der Waals surface area (Å²) in [7, 11) is 0. The van der Waals surface area contributed by atoms with Gasteiger partial charge in [0.25, 0.3) is 0 Å². The highest BCUT2D eigenvalue weighted by molar-refractivity contribution is 6.02. The Morgan fingerprint density at radius 3 is 2.29 bits per heavy atom. The van der Waals surface area contributed by atoms with Crippen LogP contribution in [-0.2, 0) is 13.0 Å². The average molecular weight is 314 g/mol. The molecule has 0 N–H and O–H groups in total. The van der Waals surface area contributed by atoms with Gasteiger partial charge in [-0.15, -0.1) is 0 Å². The van der Waals surface area contributed by atoms with Crippen molar-refractivity contribution in [3.8, 4) is 16.9 Å². The second-order valence-corrected chi connectivity index (χ2v) is 6.03. The lowest BCUT2D eigenvalue weighted by molar-refractivity contribution is 0.0994. The van der Waals surface area contributed by atoms with E-state index in [0.717, 1.165) is 40.0 Å². The van der Waals surface area contributed by atoms with Crippen LogP contribution >= 0.6 is 0 Å². The number of fused-ring (bicyclic) bond motifs is 1. The second kappa shape index (κ2) is 6.32. The first-order chi connectivity index (χ1) is 11.8. The van der Waals surface area contributed by atoms with Crippen molar-refractivity contribution in [3.05, 3.63) is 89.5 Å². The molecule has 0 aromatic heterocycles. The topological polar surface area (TPSA) is 26.3 Å². The van der Waals surface area contributed by atoms with Crippen molar-refractivity contribution in [2.75, 3.05) is 0 Å². The fourth-order valence-electron chi connectivity index (χ4n) is 3.29. The summed E-state index contributed by atoms with van der Waals surface area (Å²) >= 11 is 0. The van der Waals surface area contributed by atoms with Crippen molar-refractivity contribution in [2.24, 2.45) is 0 Å². The Labute approximate surface area is 141 Å². The van der Waals surface area contributed by atoms with E-state index in [9.17, 15) is 4.79 Å². The van der Waals surface area contributed by atoms with Gasteiger partial charge in [0.05, 0.1) is 0 Å². The summed E-state index contributed by atoms with van der Waals surface area (Å²) in [6.07, 6.45) is 1.43. The lowest BCUT2D eigenvalue weighted by atomic mass is 9.96. The number of benzene rings is 3. The van der Waals surface area contributed by atoms with Crippen molar-refractivity contribution in [1.82, 2.24) is 0 Å². The summed E-state index contributed by atoms with van der Waals surface area (Å²) in [4.78, 5) is 12.0. The predicted octanol–water partition coefficient (Wildman–Crippen LogP) is 5.06. The fourth-order valence-corrected chi connectivity index (χ4v) is 3.29. The van der Waals surface area contributed by atoms with Crippen LogP contribution in [0.25, 0.3) is 11.1 Å². The summed E-state index contributed by atoms with van der Waals surface area (Å²) in [5.41, 5.74) is 5.33. The summed E-state index contributed by atoms with van der Waals surface area (Å²) in [6, 6.07) is 24.2. The van der Waals surface area contributed by atoms with Crippen LogP contribution in [-0.4, -0.2) is 5.78 Å². The van der Waals surface area contributed by atoms with Gasteiger partial charge >= 0.3 is 0 Å². The third kappa shape index (κ3) is 2.71. The van der Waals surface area contributed by atoms with Crippen molar-refractivity contribution in [1.29, 1.82) is 0 Å². The van der Waals surface area contributed by atoms with Crippen LogP contribution < -0.4 is 4.74 Å². The van der Waals surface area contributed by atoms with Crippen molar-refractivity contribution < 1.29 is 9.53 Å². The Kier molecular flexibility index (Phi) is 3.87. The summed E-state index contributed by atoms with van der Waals surface area (Å²) in [6.45, 7) is 0.534. The average Bonchev–Trinajstić information content (AvgIpc) is 3.02. The summed E-state index contributed by atoms with van der Waals surface area (Å²) < 4.78 is 6.08. The quantitative estimate of drug-likeness (QED) is 0.672. The van der Waals surface area contributed by atoms with E-state index in [1.807, 2.05) is 48.5 Å². The van der Waals surface area contributed by atoms with Gasteiger partial charge in [-0.05, 0) is 29.2 Å². The molecule has 24 heavy (non-hydrogen) atoms. The van der Waals surface area contributed by atoms with E-state index in [0.29, 0.717) is 13.0 Å². The number of para-hydroxylation sites is 1. The first-order valence-electron chi connectivity index (χ1n) is 8.24. The Bertz CT molecular complexity index is 881. The number of hydrogen-bond acceptors (Lipinski definition) is 2. The number of hydrogen-bond donors (Lipinski definition) is 0. The van der Waals surface area contributed by atoms with Crippen molar-refractivity contribution in [2.45, 2.75) is 19.4 Å². The molecule has 1 aliphatic carbocycles. The number of ether oxygens (including phenoxy) is 1. The Morgan fingerprint density at radius 2 is 1.42 bits per heavy atom. The molecule has 0 spiro atoms. The predicted molar refractivity (Wildman–Crippen MR) is 95.3 cm³/mol. The molecular formula is C22H18O2. The van der Waals surface area contributed by atoms with E-state index in [-0.39, 0.29) is 5.78 Å². The molecule has 0 fully saturated rings. The highest BCUT2D eigenvalue weighted by Crippen LogP contribution is 2.37. The minimum atomic E-state index is 0.245. The summed E-state index contributed by atoms with van der Waals surface area (Å²) in [5.74, 6) is 1.10. The third-order valence-corrected chi connectivity index (χ3v) is 4.49. The van der Waals surface area contributed by atoms with Crippen molar-refractivity contribution >= 4 is 5.78 Å². The van der Waals surface area contributed by atoms with Gasteiger partial charge in [0.15, 0.2) is 5.78 Å². The van der Waals surface area contributed by atoms with Crippen LogP contribution in [0, 0.1) is 0 Å². The van der Waals surface area contributed by atoms with Crippen LogP contribution in [0.2, 0.25) is 0 Å². The lowest BCUT2D eigenvalue weighted by Gasteiger charge is -2.14. The zero-order valence-corrected chi connectivity index (χ0v) is 13.4. The van der Waals surface area contributed by atoms with Crippen molar-refractivity contribution in [3.63, 3.8) is 0 Å². The monoisotopic (exact) mass is 314 g/mol. The van der Waals surface area contributed by atoms with E-state index in [2.05, 4.69) is 24.3 Å². The molecule has 3 aromatic carbocycles. The van der Waals surface area contributed by atoms with E-state index >= 15 is 0 Å². The van der Waals surface area contributed by atoms with Gasteiger partial charge in [-0.2, -0.15) is 0 Å². The van der Waals surface area contributed by atoms with Gasteiger partial charge in [0.2, 0.25) is 0 Å². The zero-order chi connectivity index (χ0) is 16.4. The SMILES string of the molecule is O=C1CCc2c1cccc2-c1ccccc1OCc1ccccc1. The molecule has 0 unspecified atom stereocenters. The molecule has 2 heteroatoms. The smallest absolute Gasteiger partial charge is 0.163 e. The van der Waals surface area contributed by atoms with Crippen LogP contribution in [0.3, 0.4) is 0 Å². The van der Waals surface area contributed by atoms with Crippen LogP contribution in [0.5, 0.6) is 5.75 Å². The van der Waals surface area contributed by atoms with E-state index in [4.69, 9.17) is 4.74 Å². The summed E-state index contributed by atoms with van der Waals surface area (Å²) in [5, 5.41) is 0. The standard InChI is InChI=1S/C22H18O2/c23-21-14-13-18-17(10-6-11-19(18)21)20-9-4-5-12-22(20)24-15-16-7-2-1-3-8-16/h1-12H,13-15H2. The number of rotatable bonds is 4. The molecule has 4 rings (SSSR count). The molecule has 3 aromatic rings. The molecule has 0 amide bonds. The zero-order valence-electron chi connectivity index (χ0n) is 13.4. The van der Waals surface area contributed by atoms with Gasteiger partial charge in [-0.25, -0.2) is 0 Å². The molecule has 0 aliphatic heterocycles. The number of ketones is 1. The molecule has 0 saturated heterocycles. The maximum absolute atomic E-state index is 12.0. The minimum absolute atomic E-state index is 0.245. The van der Waals surface area contributed by atoms with Crippen LogP contribution in [0.15, 0.2) is 72.8 Å². The van der Waals surface area contributed by atoms with Gasteiger partial charge in [-0.3, -0.25) is 4.79 Å². The molecule has 0 saturated carbocycles. The molecule has 0 radical (unpaired) electrons. The van der Waals surface area contributed by atoms with E-state index in [1.54, 1.807) is 0 Å². The van der Waals surface area contributed by atoms with Gasteiger partial charge in [0.1, 0.15) is 12.4 Å². The molecule has 0 heterocycles. The first kappa shape index (κ1) is 14.7. The van der Waals surface area contributed by atoms with Gasteiger partial charge in [-0.1, -0.05) is 66.7 Å². The second-order valence-electron chi connectivity index (χ2n) is 6.03. The largest absolute Gasteiger partial charge is 0.488 e. The first-order valence-corrected chi connectivity index (χ1v) is 8.24. The molecule has 0 bridgehead atoms. The maximum atomic E-state index is 12.0.